The van der Waals surface area contributed by atoms with Crippen LogP contribution < -0.4 is 0 Å². The van der Waals surface area contributed by atoms with Crippen molar-refractivity contribution in [3.8, 4) is 0 Å². The van der Waals surface area contributed by atoms with E-state index >= 15 is 0 Å². The molecule has 0 nitrogen and oxygen atoms in total. The van der Waals surface area contributed by atoms with E-state index in [1.165, 1.54) is 0 Å². The fourth-order valence-electron chi connectivity index (χ4n) is 0. The van der Waals surface area contributed by atoms with E-state index in [2.05, 4.69) is 0 Å². The SMILES string of the molecule is [AlH3].[Cu].[Pd].[SnH2]. The molecular weight excluding hydrogens is 316 g/mol. The summed E-state index contributed by atoms with van der Waals surface area (Å²) < 4.78 is 0. The number of hydrogen-bond donors (Lipinski definition) is 0. The third kappa shape index (κ3) is 8.82. The second-order valence-electron chi connectivity index (χ2n) is 0. The zero-order chi connectivity index (χ0) is 0. The molecule has 0 aliphatic carbocycles. The Morgan fingerprint density at radius 3 is 1.00 bits per heavy atom. The van der Waals surface area contributed by atoms with Gasteiger partial charge < -0.3 is 0 Å². The molecule has 33 valence electrons. The average Bonchev–Trinajstić information content (AvgIpc) is 0. The summed E-state index contributed by atoms with van der Waals surface area (Å²) in [5.74, 6) is 0. The van der Waals surface area contributed by atoms with Crippen LogP contribution in [0.3, 0.4) is 0 Å². The van der Waals surface area contributed by atoms with Crippen LogP contribution in [0.4, 0.5) is 0 Å². The predicted octanol–water partition coefficient (Wildman–Crippen LogP) is -2.11. The normalized spacial score (nSPS) is 0. The Labute approximate surface area is 77.7 Å². The molecule has 3 radical (unpaired) electrons. The van der Waals surface area contributed by atoms with Crippen molar-refractivity contribution in [2.24, 2.45) is 0 Å². The first kappa shape index (κ1) is 31.3. The fourth-order valence-corrected chi connectivity index (χ4v) is 0. The summed E-state index contributed by atoms with van der Waals surface area (Å²) in [4.78, 5) is 0. The third-order valence-corrected chi connectivity index (χ3v) is 0. The van der Waals surface area contributed by atoms with Gasteiger partial charge in [0, 0.05) is 37.5 Å². The predicted molar refractivity (Wildman–Crippen MR) is 18.5 cm³/mol. The number of rotatable bonds is 0. The third-order valence-electron chi connectivity index (χ3n) is 0. The molecule has 0 amide bonds. The van der Waals surface area contributed by atoms with E-state index in [0.717, 1.165) is 0 Å². The maximum absolute atomic E-state index is 0. The van der Waals surface area contributed by atoms with Gasteiger partial charge in [0.2, 0.25) is 0 Å². The zero-order valence-corrected chi connectivity index (χ0v) is 7.86. The molecule has 4 heteroatoms. The molecule has 0 aromatic rings. The van der Waals surface area contributed by atoms with Gasteiger partial charge >= 0.3 is 23.9 Å². The van der Waals surface area contributed by atoms with E-state index in [1.54, 1.807) is 0 Å². The molecule has 0 saturated heterocycles. The first-order chi connectivity index (χ1) is 0. The molecule has 0 rings (SSSR count). The van der Waals surface area contributed by atoms with E-state index in [-0.39, 0.29) is 78.8 Å². The van der Waals surface area contributed by atoms with Crippen LogP contribution in [0.15, 0.2) is 0 Å². The molecule has 0 atom stereocenters. The second kappa shape index (κ2) is 17.8. The van der Waals surface area contributed by atoms with Gasteiger partial charge in [-0.15, -0.1) is 0 Å². The van der Waals surface area contributed by atoms with E-state index < -0.39 is 0 Å². The van der Waals surface area contributed by atoms with Gasteiger partial charge in [0.15, 0.2) is 17.4 Å². The molecule has 4 heavy (non-hydrogen) atoms. The van der Waals surface area contributed by atoms with Gasteiger partial charge in [-0.1, -0.05) is 0 Å². The Bertz CT molecular complexity index is 8.00. The summed E-state index contributed by atoms with van der Waals surface area (Å²) in [7, 11) is 0. The quantitative estimate of drug-likeness (QED) is 0.449. The average molecular weight is 321 g/mol. The van der Waals surface area contributed by atoms with Crippen molar-refractivity contribution in [2.45, 2.75) is 0 Å². The van der Waals surface area contributed by atoms with Gasteiger partial charge in [-0.3, -0.25) is 0 Å². The topological polar surface area (TPSA) is 0 Å². The molecule has 0 aliphatic rings. The first-order valence-electron chi connectivity index (χ1n) is 0. The molecule has 0 fully saturated rings. The minimum atomic E-state index is 0. The molecule has 0 aromatic carbocycles. The van der Waals surface area contributed by atoms with E-state index in [4.69, 9.17) is 0 Å². The Morgan fingerprint density at radius 2 is 1.00 bits per heavy atom. The van der Waals surface area contributed by atoms with Crippen LogP contribution in [0.25, 0.3) is 0 Å². The molecule has 0 saturated carbocycles. The van der Waals surface area contributed by atoms with Crippen LogP contribution in [-0.2, 0) is 37.5 Å². The van der Waals surface area contributed by atoms with Crippen LogP contribution >= 0.6 is 0 Å². The van der Waals surface area contributed by atoms with Crippen LogP contribution in [0.1, 0.15) is 0 Å². The van der Waals surface area contributed by atoms with Crippen molar-refractivity contribution in [3.05, 3.63) is 0 Å². The minimum absolute atomic E-state index is 0. The van der Waals surface area contributed by atoms with Crippen molar-refractivity contribution in [2.75, 3.05) is 0 Å². The second-order valence-corrected chi connectivity index (χ2v) is 0. The molecule has 0 N–H and O–H groups in total. The summed E-state index contributed by atoms with van der Waals surface area (Å²) in [6.07, 6.45) is 0. The molecular formula is H5AlCuPdSn. The van der Waals surface area contributed by atoms with Crippen LogP contribution in [0.2, 0.25) is 0 Å². The maximum atomic E-state index is 0. The summed E-state index contributed by atoms with van der Waals surface area (Å²) in [5.41, 5.74) is 0. The molecule has 0 heterocycles. The van der Waals surface area contributed by atoms with E-state index in [0.29, 0.717) is 0 Å². The van der Waals surface area contributed by atoms with Crippen LogP contribution in [0, 0.1) is 0 Å². The van der Waals surface area contributed by atoms with Gasteiger partial charge in [-0.2, -0.15) is 0 Å². The monoisotopic (exact) mass is 321 g/mol. The van der Waals surface area contributed by atoms with E-state index in [9.17, 15) is 0 Å². The van der Waals surface area contributed by atoms with Gasteiger partial charge in [0.25, 0.3) is 0 Å². The summed E-state index contributed by atoms with van der Waals surface area (Å²) in [6.45, 7) is 0. The Hall–Kier alpha value is 2.51. The zero-order valence-electron chi connectivity index (χ0n) is 1.32. The van der Waals surface area contributed by atoms with Crippen molar-refractivity contribution in [1.29, 1.82) is 0 Å². The van der Waals surface area contributed by atoms with Crippen LogP contribution in [0.5, 0.6) is 0 Å². The molecule has 0 bridgehead atoms. The summed E-state index contributed by atoms with van der Waals surface area (Å²) in [5, 5.41) is 0. The van der Waals surface area contributed by atoms with Crippen molar-refractivity contribution in [3.63, 3.8) is 0 Å². The summed E-state index contributed by atoms with van der Waals surface area (Å²) in [6, 6.07) is 0. The fraction of sp³-hybridized carbons (Fsp3) is 0. The molecule has 0 unspecified atom stereocenters. The Morgan fingerprint density at radius 1 is 1.00 bits per heavy atom. The van der Waals surface area contributed by atoms with Crippen molar-refractivity contribution < 1.29 is 37.5 Å². The Kier molecular flexibility index (Phi) is 139. The van der Waals surface area contributed by atoms with Gasteiger partial charge in [-0.05, 0) is 0 Å². The van der Waals surface area contributed by atoms with Gasteiger partial charge in [0.1, 0.15) is 0 Å². The van der Waals surface area contributed by atoms with Crippen molar-refractivity contribution >= 4 is 41.3 Å². The molecule has 0 aliphatic heterocycles. The summed E-state index contributed by atoms with van der Waals surface area (Å²) >= 11 is 0. The van der Waals surface area contributed by atoms with Gasteiger partial charge in [0.05, 0.1) is 0 Å². The molecule has 0 spiro atoms. The standard InChI is InChI=1S/Al.Cu.Pd.Sn.5H. The first-order valence-corrected chi connectivity index (χ1v) is 0. The Balaban J connectivity index is 0. The van der Waals surface area contributed by atoms with Gasteiger partial charge in [-0.25, -0.2) is 0 Å². The molecule has 0 aromatic heterocycles. The number of hydrogen-bond acceptors (Lipinski definition) is 0. The van der Waals surface area contributed by atoms with E-state index in [1.807, 2.05) is 0 Å². The van der Waals surface area contributed by atoms with Crippen LogP contribution in [-0.4, -0.2) is 41.3 Å². The van der Waals surface area contributed by atoms with Crippen molar-refractivity contribution in [1.82, 2.24) is 0 Å².